The summed E-state index contributed by atoms with van der Waals surface area (Å²) in [5.41, 5.74) is 0. The maximum absolute atomic E-state index is 9.51. The standard InChI is InChI=1S/C6H11O3/c1-3-9-6(2)4-8-5-7/h6H,3-4H2,1-2H3. The topological polar surface area (TPSA) is 35.5 Å². The van der Waals surface area contributed by atoms with Gasteiger partial charge in [-0.25, -0.2) is 4.79 Å². The van der Waals surface area contributed by atoms with Crippen LogP contribution in [0.25, 0.3) is 0 Å². The smallest absolute Gasteiger partial charge is 0.417 e. The van der Waals surface area contributed by atoms with E-state index in [4.69, 9.17) is 4.74 Å². The molecule has 0 heterocycles. The Labute approximate surface area is 55.0 Å². The lowest BCUT2D eigenvalue weighted by molar-refractivity contribution is 0.0356. The Bertz CT molecular complexity index is 72.7. The van der Waals surface area contributed by atoms with Crippen molar-refractivity contribution in [1.29, 1.82) is 0 Å². The molecule has 0 aromatic rings. The predicted octanol–water partition coefficient (Wildman–Crippen LogP) is 0.495. The van der Waals surface area contributed by atoms with E-state index >= 15 is 0 Å². The summed E-state index contributed by atoms with van der Waals surface area (Å²) in [4.78, 5) is 9.51. The molecule has 0 aromatic carbocycles. The normalized spacial score (nSPS) is 12.7. The van der Waals surface area contributed by atoms with Gasteiger partial charge in [-0.05, 0) is 13.8 Å². The van der Waals surface area contributed by atoms with Crippen molar-refractivity contribution in [3.63, 3.8) is 0 Å². The number of rotatable bonds is 5. The maximum atomic E-state index is 9.51. The van der Waals surface area contributed by atoms with E-state index in [1.165, 1.54) is 6.47 Å². The summed E-state index contributed by atoms with van der Waals surface area (Å²) in [6, 6.07) is 0. The molecule has 0 aliphatic heterocycles. The second kappa shape index (κ2) is 5.56. The highest BCUT2D eigenvalue weighted by atomic mass is 16.6. The van der Waals surface area contributed by atoms with Gasteiger partial charge in [0.05, 0.1) is 6.10 Å². The second-order valence-corrected chi connectivity index (χ2v) is 1.66. The van der Waals surface area contributed by atoms with Crippen LogP contribution in [-0.2, 0) is 14.3 Å². The molecule has 0 spiro atoms. The number of hydrogen-bond donors (Lipinski definition) is 0. The van der Waals surface area contributed by atoms with Crippen molar-refractivity contribution < 1.29 is 14.3 Å². The molecule has 0 bridgehead atoms. The van der Waals surface area contributed by atoms with Crippen molar-refractivity contribution in [2.45, 2.75) is 20.0 Å². The van der Waals surface area contributed by atoms with Gasteiger partial charge in [0.1, 0.15) is 6.61 Å². The Kier molecular flexibility index (Phi) is 5.21. The molecule has 0 rings (SSSR count). The minimum atomic E-state index is -0.0172. The van der Waals surface area contributed by atoms with Gasteiger partial charge >= 0.3 is 6.47 Å². The Morgan fingerprint density at radius 2 is 2.33 bits per heavy atom. The van der Waals surface area contributed by atoms with Gasteiger partial charge < -0.3 is 9.47 Å². The fourth-order valence-corrected chi connectivity index (χ4v) is 0.484. The first-order valence-corrected chi connectivity index (χ1v) is 2.91. The summed E-state index contributed by atoms with van der Waals surface area (Å²) in [7, 11) is 0. The molecule has 9 heavy (non-hydrogen) atoms. The average Bonchev–Trinajstić information content (AvgIpc) is 1.85. The number of hydrogen-bond acceptors (Lipinski definition) is 3. The number of ether oxygens (including phenoxy) is 2. The molecular weight excluding hydrogens is 120 g/mol. The molecule has 0 saturated heterocycles. The minimum absolute atomic E-state index is 0.0172. The molecule has 3 nitrogen and oxygen atoms in total. The molecule has 0 fully saturated rings. The molecule has 0 aliphatic carbocycles. The SMILES string of the molecule is CCOC(C)CO[C]=O. The van der Waals surface area contributed by atoms with Gasteiger partial charge in [-0.1, -0.05) is 0 Å². The molecule has 3 heteroatoms. The second-order valence-electron chi connectivity index (χ2n) is 1.66. The van der Waals surface area contributed by atoms with Crippen molar-refractivity contribution in [2.24, 2.45) is 0 Å². The van der Waals surface area contributed by atoms with E-state index in [0.29, 0.717) is 6.61 Å². The lowest BCUT2D eigenvalue weighted by Gasteiger charge is -2.07. The molecule has 0 aromatic heterocycles. The highest BCUT2D eigenvalue weighted by Crippen LogP contribution is 1.88. The van der Waals surface area contributed by atoms with Crippen molar-refractivity contribution in [1.82, 2.24) is 0 Å². The summed E-state index contributed by atoms with van der Waals surface area (Å²) in [6.07, 6.45) is -0.0172. The van der Waals surface area contributed by atoms with Crippen LogP contribution in [-0.4, -0.2) is 25.8 Å². The first-order valence-electron chi connectivity index (χ1n) is 2.91. The van der Waals surface area contributed by atoms with E-state index in [0.717, 1.165) is 0 Å². The van der Waals surface area contributed by atoms with Gasteiger partial charge in [0.2, 0.25) is 0 Å². The summed E-state index contributed by atoms with van der Waals surface area (Å²) in [6.45, 7) is 5.98. The largest absolute Gasteiger partial charge is 0.455 e. The molecule has 0 aliphatic rings. The van der Waals surface area contributed by atoms with Crippen molar-refractivity contribution in [3.8, 4) is 0 Å². The Morgan fingerprint density at radius 3 is 2.78 bits per heavy atom. The van der Waals surface area contributed by atoms with Crippen LogP contribution in [0.2, 0.25) is 0 Å². The van der Waals surface area contributed by atoms with E-state index in [1.54, 1.807) is 0 Å². The van der Waals surface area contributed by atoms with Crippen LogP contribution >= 0.6 is 0 Å². The Morgan fingerprint density at radius 1 is 1.67 bits per heavy atom. The molecule has 1 atom stereocenters. The highest BCUT2D eigenvalue weighted by Gasteiger charge is 1.98. The zero-order chi connectivity index (χ0) is 7.11. The molecule has 0 N–H and O–H groups in total. The van der Waals surface area contributed by atoms with Gasteiger partial charge in [0, 0.05) is 6.61 Å². The zero-order valence-electron chi connectivity index (χ0n) is 5.72. The molecular formula is C6H11O3. The quantitative estimate of drug-likeness (QED) is 0.545. The van der Waals surface area contributed by atoms with Gasteiger partial charge in [-0.15, -0.1) is 0 Å². The third kappa shape index (κ3) is 5.30. The van der Waals surface area contributed by atoms with E-state index in [-0.39, 0.29) is 12.7 Å². The third-order valence-corrected chi connectivity index (χ3v) is 0.828. The van der Waals surface area contributed by atoms with Crippen LogP contribution in [0.3, 0.4) is 0 Å². The Hall–Kier alpha value is -0.570. The highest BCUT2D eigenvalue weighted by molar-refractivity contribution is 5.38. The lowest BCUT2D eigenvalue weighted by atomic mass is 10.4. The number of carbonyl (C=O) groups excluding carboxylic acids is 1. The van der Waals surface area contributed by atoms with Crippen LogP contribution in [0.1, 0.15) is 13.8 Å². The van der Waals surface area contributed by atoms with Crippen LogP contribution in [0.4, 0.5) is 0 Å². The van der Waals surface area contributed by atoms with Gasteiger partial charge in [-0.2, -0.15) is 0 Å². The van der Waals surface area contributed by atoms with Crippen LogP contribution < -0.4 is 0 Å². The first kappa shape index (κ1) is 8.43. The Balaban J connectivity index is 3.04. The predicted molar refractivity (Wildman–Crippen MR) is 32.7 cm³/mol. The molecule has 0 amide bonds. The van der Waals surface area contributed by atoms with Crippen LogP contribution in [0.5, 0.6) is 0 Å². The van der Waals surface area contributed by atoms with E-state index in [1.807, 2.05) is 13.8 Å². The third-order valence-electron chi connectivity index (χ3n) is 0.828. The maximum Gasteiger partial charge on any atom is 0.417 e. The lowest BCUT2D eigenvalue weighted by Crippen LogP contribution is -2.14. The van der Waals surface area contributed by atoms with E-state index < -0.39 is 0 Å². The molecule has 0 saturated carbocycles. The summed E-state index contributed by atoms with van der Waals surface area (Å²) in [5.74, 6) is 0. The monoisotopic (exact) mass is 131 g/mol. The van der Waals surface area contributed by atoms with Crippen molar-refractivity contribution in [3.05, 3.63) is 0 Å². The van der Waals surface area contributed by atoms with Gasteiger partial charge in [-0.3, -0.25) is 0 Å². The molecule has 53 valence electrons. The fraction of sp³-hybridized carbons (Fsp3) is 0.833. The summed E-state index contributed by atoms with van der Waals surface area (Å²) in [5, 5.41) is 0. The summed E-state index contributed by atoms with van der Waals surface area (Å²) < 4.78 is 9.36. The molecule has 1 radical (unpaired) electrons. The van der Waals surface area contributed by atoms with Gasteiger partial charge in [0.25, 0.3) is 0 Å². The average molecular weight is 131 g/mol. The van der Waals surface area contributed by atoms with Crippen LogP contribution in [0.15, 0.2) is 0 Å². The molecule has 1 unspecified atom stereocenters. The van der Waals surface area contributed by atoms with E-state index in [9.17, 15) is 4.79 Å². The summed E-state index contributed by atoms with van der Waals surface area (Å²) >= 11 is 0. The zero-order valence-corrected chi connectivity index (χ0v) is 5.72. The first-order chi connectivity index (χ1) is 4.31. The van der Waals surface area contributed by atoms with Gasteiger partial charge in [0.15, 0.2) is 0 Å². The minimum Gasteiger partial charge on any atom is -0.455 e. The van der Waals surface area contributed by atoms with E-state index in [2.05, 4.69) is 4.74 Å². The van der Waals surface area contributed by atoms with Crippen molar-refractivity contribution in [2.75, 3.05) is 13.2 Å². The van der Waals surface area contributed by atoms with Crippen LogP contribution in [0, 0.1) is 0 Å². The fourth-order valence-electron chi connectivity index (χ4n) is 0.484. The van der Waals surface area contributed by atoms with Crippen molar-refractivity contribution >= 4 is 6.47 Å².